The summed E-state index contributed by atoms with van der Waals surface area (Å²) in [6.45, 7) is -0.472. The zero-order valence-electron chi connectivity index (χ0n) is 15.8. The number of rotatable bonds is 6. The van der Waals surface area contributed by atoms with Gasteiger partial charge in [-0.25, -0.2) is 4.98 Å². The zero-order valence-corrected chi connectivity index (χ0v) is 16.6. The number of nitrogens with two attached hydrogens (primary N) is 1. The zero-order chi connectivity index (χ0) is 21.3. The summed E-state index contributed by atoms with van der Waals surface area (Å²) < 4.78 is 7.07. The van der Waals surface area contributed by atoms with Gasteiger partial charge in [0, 0.05) is 5.75 Å². The monoisotopic (exact) mass is 431 g/mol. The van der Waals surface area contributed by atoms with Crippen LogP contribution in [0.1, 0.15) is 11.8 Å². The fourth-order valence-corrected chi connectivity index (χ4v) is 4.10. The van der Waals surface area contributed by atoms with E-state index in [0.717, 1.165) is 5.56 Å². The summed E-state index contributed by atoms with van der Waals surface area (Å²) in [5.41, 5.74) is 6.37. The minimum atomic E-state index is -1.35. The van der Waals surface area contributed by atoms with Crippen molar-refractivity contribution in [2.45, 2.75) is 29.7 Å². The van der Waals surface area contributed by atoms with Gasteiger partial charge in [-0.1, -0.05) is 54.2 Å². The number of hydrogen-bond acceptors (Lipinski definition) is 9. The van der Waals surface area contributed by atoms with Gasteiger partial charge in [0.25, 0.3) is 5.56 Å². The molecule has 158 valence electrons. The Morgan fingerprint density at radius 2 is 2.00 bits per heavy atom. The van der Waals surface area contributed by atoms with Gasteiger partial charge in [0.1, 0.15) is 18.3 Å². The largest absolute Gasteiger partial charge is 0.394 e. The van der Waals surface area contributed by atoms with Crippen molar-refractivity contribution in [3.05, 3.63) is 52.3 Å². The molecule has 4 rings (SSSR count). The third kappa shape index (κ3) is 3.85. The number of H-pyrrole nitrogens is 1. The number of benzene rings is 1. The first-order valence-electron chi connectivity index (χ1n) is 9.24. The maximum absolute atomic E-state index is 12.3. The van der Waals surface area contributed by atoms with E-state index < -0.39 is 36.7 Å². The van der Waals surface area contributed by atoms with Crippen molar-refractivity contribution in [3.63, 3.8) is 0 Å². The lowest BCUT2D eigenvalue weighted by molar-refractivity contribution is -0.0548. The number of nitrogens with one attached hydrogen (secondary N) is 1. The molecule has 30 heavy (non-hydrogen) atoms. The highest BCUT2D eigenvalue weighted by Gasteiger charge is 2.45. The summed E-state index contributed by atoms with van der Waals surface area (Å²) >= 11 is 1.30. The number of ether oxygens (including phenoxy) is 1. The molecule has 0 amide bonds. The predicted octanol–water partition coefficient (Wildman–Crippen LogP) is 0.119. The average Bonchev–Trinajstić information content (AvgIpc) is 3.23. The van der Waals surface area contributed by atoms with Crippen molar-refractivity contribution in [2.24, 2.45) is 0 Å². The second-order valence-corrected chi connectivity index (χ2v) is 7.73. The topological polar surface area (TPSA) is 160 Å². The number of aliphatic hydroxyl groups excluding tert-OH is 3. The van der Waals surface area contributed by atoms with E-state index in [1.165, 1.54) is 16.3 Å². The lowest BCUT2D eigenvalue weighted by Crippen LogP contribution is -2.33. The number of anilines is 1. The van der Waals surface area contributed by atoms with E-state index in [1.54, 1.807) is 0 Å². The van der Waals surface area contributed by atoms with Gasteiger partial charge >= 0.3 is 0 Å². The number of aromatic amines is 1. The minimum Gasteiger partial charge on any atom is -0.394 e. The van der Waals surface area contributed by atoms with E-state index in [0.29, 0.717) is 10.9 Å². The molecule has 0 saturated carbocycles. The molecule has 11 heteroatoms. The number of fused-ring (bicyclic) bond motifs is 1. The molecule has 4 atom stereocenters. The third-order valence-electron chi connectivity index (χ3n) is 4.73. The molecule has 1 saturated heterocycles. The molecule has 1 aliphatic heterocycles. The summed E-state index contributed by atoms with van der Waals surface area (Å²) in [6.07, 6.45) is -0.814. The van der Waals surface area contributed by atoms with Crippen LogP contribution in [-0.2, 0) is 4.74 Å². The Labute approximate surface area is 175 Å². The Kier molecular flexibility index (Phi) is 5.88. The molecular formula is C19H21N5O5S. The smallest absolute Gasteiger partial charge is 0.280 e. The van der Waals surface area contributed by atoms with Crippen LogP contribution in [0.4, 0.5) is 5.95 Å². The molecule has 6 N–H and O–H groups in total. The molecule has 3 aromatic rings. The number of thioether (sulfide) groups is 1. The molecule has 0 spiro atoms. The van der Waals surface area contributed by atoms with Crippen LogP contribution in [0.5, 0.6) is 0 Å². The Hall–Kier alpha value is -2.70. The second kappa shape index (κ2) is 8.58. The molecule has 0 aliphatic carbocycles. The normalized spacial score (nSPS) is 24.2. The van der Waals surface area contributed by atoms with Crippen molar-refractivity contribution >= 4 is 35.0 Å². The van der Waals surface area contributed by atoms with E-state index in [-0.39, 0.29) is 17.1 Å². The van der Waals surface area contributed by atoms with Crippen LogP contribution in [0.15, 0.2) is 46.4 Å². The fraction of sp³-hybridized carbons (Fsp3) is 0.316. The molecule has 0 bridgehead atoms. The van der Waals surface area contributed by atoms with Crippen LogP contribution >= 0.6 is 11.8 Å². The molecule has 2 unspecified atom stereocenters. The van der Waals surface area contributed by atoms with Crippen LogP contribution in [0, 0.1) is 0 Å². The van der Waals surface area contributed by atoms with E-state index >= 15 is 0 Å². The maximum atomic E-state index is 12.3. The fourth-order valence-electron chi connectivity index (χ4n) is 3.28. The summed E-state index contributed by atoms with van der Waals surface area (Å²) in [6, 6.07) is 9.77. The quantitative estimate of drug-likeness (QED) is 0.342. The van der Waals surface area contributed by atoms with E-state index in [4.69, 9.17) is 10.5 Å². The molecule has 1 aliphatic rings. The molecule has 10 nitrogen and oxygen atoms in total. The van der Waals surface area contributed by atoms with Crippen LogP contribution < -0.4 is 11.3 Å². The molecule has 2 aromatic heterocycles. The standard InChI is InChI=1S/C19H21N5O5S/c20-18-22-15-12(16(28)23-18)21-19(30-8-4-7-10-5-2-1-3-6-10)24(15)17-14(27)13(26)11(9-25)29-17/h1-7,11,13-14,17,25-27H,8-9H2,(H3,20,22,23,28)/t11-,13?,14?,17-/m1/s1. The van der Waals surface area contributed by atoms with Crippen molar-refractivity contribution < 1.29 is 20.1 Å². The number of nitrogens with zero attached hydrogens (tertiary/aromatic N) is 3. The lowest BCUT2D eigenvalue weighted by Gasteiger charge is -2.18. The molecule has 1 fully saturated rings. The van der Waals surface area contributed by atoms with E-state index in [2.05, 4.69) is 15.0 Å². The van der Waals surface area contributed by atoms with Crippen molar-refractivity contribution in [2.75, 3.05) is 18.1 Å². The highest BCUT2D eigenvalue weighted by Crippen LogP contribution is 2.35. The molecule has 3 heterocycles. The third-order valence-corrected chi connectivity index (χ3v) is 5.63. The van der Waals surface area contributed by atoms with E-state index in [1.807, 2.05) is 42.5 Å². The summed E-state index contributed by atoms with van der Waals surface area (Å²) in [7, 11) is 0. The predicted molar refractivity (Wildman–Crippen MR) is 112 cm³/mol. The van der Waals surface area contributed by atoms with Gasteiger partial charge in [0.15, 0.2) is 22.5 Å². The number of nitrogen functional groups attached to an aromatic ring is 1. The summed E-state index contributed by atoms with van der Waals surface area (Å²) in [5.74, 6) is 0.404. The molecule has 1 aromatic carbocycles. The van der Waals surface area contributed by atoms with Gasteiger partial charge < -0.3 is 25.8 Å². The van der Waals surface area contributed by atoms with Crippen LogP contribution in [0.2, 0.25) is 0 Å². The number of aliphatic hydroxyl groups is 3. The first kappa shape index (κ1) is 20.6. The highest BCUT2D eigenvalue weighted by atomic mass is 32.2. The maximum Gasteiger partial charge on any atom is 0.280 e. The van der Waals surface area contributed by atoms with Crippen molar-refractivity contribution in [1.82, 2.24) is 19.5 Å². The SMILES string of the molecule is Nc1nc2c(nc(SCC=Cc3ccccc3)n2[C@@H]2O[C@H](CO)C(O)C2O)c(=O)[nH]1. The van der Waals surface area contributed by atoms with Crippen molar-refractivity contribution in [3.8, 4) is 0 Å². The van der Waals surface area contributed by atoms with Gasteiger partial charge in [-0.15, -0.1) is 0 Å². The van der Waals surface area contributed by atoms with Crippen LogP contribution in [0.3, 0.4) is 0 Å². The highest BCUT2D eigenvalue weighted by molar-refractivity contribution is 7.99. The van der Waals surface area contributed by atoms with Gasteiger partial charge in [-0.2, -0.15) is 4.98 Å². The Morgan fingerprint density at radius 1 is 1.23 bits per heavy atom. The Bertz CT molecular complexity index is 1120. The second-order valence-electron chi connectivity index (χ2n) is 6.74. The number of hydrogen-bond donors (Lipinski definition) is 5. The first-order chi connectivity index (χ1) is 14.5. The van der Waals surface area contributed by atoms with Gasteiger partial charge in [0.05, 0.1) is 6.61 Å². The minimum absolute atomic E-state index is 0.0384. The average molecular weight is 431 g/mol. The van der Waals surface area contributed by atoms with Gasteiger partial charge in [0.2, 0.25) is 5.95 Å². The lowest BCUT2D eigenvalue weighted by atomic mass is 10.1. The van der Waals surface area contributed by atoms with Crippen LogP contribution in [0.25, 0.3) is 17.2 Å². The summed E-state index contributed by atoms with van der Waals surface area (Å²) in [5, 5.41) is 30.4. The Balaban J connectivity index is 1.68. The van der Waals surface area contributed by atoms with E-state index in [9.17, 15) is 20.1 Å². The molecule has 0 radical (unpaired) electrons. The van der Waals surface area contributed by atoms with Crippen LogP contribution in [-0.4, -0.2) is 65.5 Å². The number of aromatic nitrogens is 4. The Morgan fingerprint density at radius 3 is 2.70 bits per heavy atom. The molecular weight excluding hydrogens is 410 g/mol. The number of imidazole rings is 1. The van der Waals surface area contributed by atoms with Crippen molar-refractivity contribution in [1.29, 1.82) is 0 Å². The first-order valence-corrected chi connectivity index (χ1v) is 10.2. The van der Waals surface area contributed by atoms with Gasteiger partial charge in [-0.05, 0) is 5.56 Å². The van der Waals surface area contributed by atoms with Gasteiger partial charge in [-0.3, -0.25) is 14.3 Å². The summed E-state index contributed by atoms with van der Waals surface area (Å²) in [4.78, 5) is 23.2.